The van der Waals surface area contributed by atoms with Crippen LogP contribution >= 0.6 is 0 Å². The summed E-state index contributed by atoms with van der Waals surface area (Å²) in [4.78, 5) is 11.6. The molecule has 3 heteroatoms. The van der Waals surface area contributed by atoms with Crippen molar-refractivity contribution < 1.29 is 9.18 Å². The lowest BCUT2D eigenvalue weighted by molar-refractivity contribution is 0.0915. The molecule has 0 radical (unpaired) electrons. The van der Waals surface area contributed by atoms with Gasteiger partial charge >= 0.3 is 0 Å². The summed E-state index contributed by atoms with van der Waals surface area (Å²) in [5.74, 6) is -0.850. The van der Waals surface area contributed by atoms with Gasteiger partial charge in [0.25, 0.3) is 5.91 Å². The zero-order chi connectivity index (χ0) is 11.6. The molecule has 1 amide bonds. The van der Waals surface area contributed by atoms with Gasteiger partial charge in [0, 0.05) is 5.54 Å². The van der Waals surface area contributed by atoms with Crippen molar-refractivity contribution in [2.45, 2.75) is 33.2 Å². The molecule has 1 aromatic rings. The molecule has 0 aliphatic heterocycles. The minimum atomic E-state index is -0.475. The molecule has 0 bridgehead atoms. The Kier molecular flexibility index (Phi) is 3.12. The van der Waals surface area contributed by atoms with Crippen LogP contribution in [0, 0.1) is 12.7 Å². The van der Waals surface area contributed by atoms with Crippen LogP contribution in [0.25, 0.3) is 0 Å². The van der Waals surface area contributed by atoms with Crippen molar-refractivity contribution in [2.75, 3.05) is 0 Å². The molecular formula is C12H16FNO. The van der Waals surface area contributed by atoms with Gasteiger partial charge in [0.2, 0.25) is 0 Å². The van der Waals surface area contributed by atoms with Crippen LogP contribution < -0.4 is 5.32 Å². The van der Waals surface area contributed by atoms with Crippen LogP contribution in [0.2, 0.25) is 0 Å². The van der Waals surface area contributed by atoms with Gasteiger partial charge in [0.05, 0.1) is 5.56 Å². The summed E-state index contributed by atoms with van der Waals surface area (Å²) in [5.41, 5.74) is 0.546. The number of carbonyl (C=O) groups is 1. The van der Waals surface area contributed by atoms with E-state index in [1.807, 2.05) is 20.8 Å². The Morgan fingerprint density at radius 2 is 1.93 bits per heavy atom. The van der Waals surface area contributed by atoms with Crippen LogP contribution in [-0.2, 0) is 0 Å². The van der Waals surface area contributed by atoms with Crippen molar-refractivity contribution in [3.63, 3.8) is 0 Å². The molecule has 0 aromatic heterocycles. The molecule has 0 fully saturated rings. The van der Waals surface area contributed by atoms with E-state index in [4.69, 9.17) is 0 Å². The van der Waals surface area contributed by atoms with E-state index >= 15 is 0 Å². The summed E-state index contributed by atoms with van der Waals surface area (Å²) in [6.07, 6.45) is 0. The quantitative estimate of drug-likeness (QED) is 0.757. The van der Waals surface area contributed by atoms with Crippen molar-refractivity contribution in [3.8, 4) is 0 Å². The zero-order valence-corrected chi connectivity index (χ0v) is 9.52. The molecule has 1 aromatic carbocycles. The Balaban J connectivity index is 2.92. The molecule has 0 saturated carbocycles. The SMILES string of the molecule is Cc1ccc(C(=O)NC(C)(C)C)c(F)c1. The van der Waals surface area contributed by atoms with Gasteiger partial charge in [-0.2, -0.15) is 0 Å². The lowest BCUT2D eigenvalue weighted by atomic mass is 10.1. The first-order valence-electron chi connectivity index (χ1n) is 4.88. The first kappa shape index (κ1) is 11.7. The van der Waals surface area contributed by atoms with E-state index in [1.165, 1.54) is 12.1 Å². The highest BCUT2D eigenvalue weighted by molar-refractivity contribution is 5.94. The molecule has 0 unspecified atom stereocenters. The third-order valence-corrected chi connectivity index (χ3v) is 1.86. The van der Waals surface area contributed by atoms with E-state index in [0.29, 0.717) is 0 Å². The van der Waals surface area contributed by atoms with Gasteiger partial charge in [-0.05, 0) is 45.4 Å². The fraction of sp³-hybridized carbons (Fsp3) is 0.417. The van der Waals surface area contributed by atoms with Gasteiger partial charge in [-0.15, -0.1) is 0 Å². The van der Waals surface area contributed by atoms with Crippen molar-refractivity contribution in [3.05, 3.63) is 35.1 Å². The van der Waals surface area contributed by atoms with Crippen LogP contribution in [0.1, 0.15) is 36.7 Å². The maximum absolute atomic E-state index is 13.4. The largest absolute Gasteiger partial charge is 0.347 e. The first-order valence-corrected chi connectivity index (χ1v) is 4.88. The Bertz CT molecular complexity index is 380. The van der Waals surface area contributed by atoms with Gasteiger partial charge in [-0.1, -0.05) is 6.07 Å². The Morgan fingerprint density at radius 3 is 2.40 bits per heavy atom. The molecule has 0 heterocycles. The number of hydrogen-bond acceptors (Lipinski definition) is 1. The predicted octanol–water partition coefficient (Wildman–Crippen LogP) is 2.66. The van der Waals surface area contributed by atoms with Crippen LogP contribution in [0.5, 0.6) is 0 Å². The second-order valence-corrected chi connectivity index (χ2v) is 4.69. The molecule has 0 aliphatic carbocycles. The number of rotatable bonds is 1. The van der Waals surface area contributed by atoms with Crippen LogP contribution in [0.4, 0.5) is 4.39 Å². The molecule has 0 saturated heterocycles. The normalized spacial score (nSPS) is 11.3. The zero-order valence-electron chi connectivity index (χ0n) is 9.52. The van der Waals surface area contributed by atoms with E-state index in [9.17, 15) is 9.18 Å². The van der Waals surface area contributed by atoms with Crippen LogP contribution in [0.15, 0.2) is 18.2 Å². The van der Waals surface area contributed by atoms with Gasteiger partial charge in [-0.3, -0.25) is 4.79 Å². The second-order valence-electron chi connectivity index (χ2n) is 4.69. The molecule has 82 valence electrons. The number of aryl methyl sites for hydroxylation is 1. The Hall–Kier alpha value is -1.38. The molecule has 0 spiro atoms. The van der Waals surface area contributed by atoms with Crippen molar-refractivity contribution in [1.29, 1.82) is 0 Å². The maximum atomic E-state index is 13.4. The topological polar surface area (TPSA) is 29.1 Å². The average molecular weight is 209 g/mol. The van der Waals surface area contributed by atoms with E-state index in [2.05, 4.69) is 5.32 Å². The average Bonchev–Trinajstić information content (AvgIpc) is 1.99. The molecule has 2 nitrogen and oxygen atoms in total. The fourth-order valence-electron chi connectivity index (χ4n) is 1.21. The molecular weight excluding hydrogens is 193 g/mol. The number of carbonyl (C=O) groups excluding carboxylic acids is 1. The Labute approximate surface area is 89.5 Å². The number of amides is 1. The van der Waals surface area contributed by atoms with Crippen molar-refractivity contribution in [1.82, 2.24) is 5.32 Å². The minimum Gasteiger partial charge on any atom is -0.347 e. The molecule has 1 rings (SSSR count). The minimum absolute atomic E-state index is 0.0931. The number of benzene rings is 1. The van der Waals surface area contributed by atoms with E-state index in [1.54, 1.807) is 13.0 Å². The highest BCUT2D eigenvalue weighted by Gasteiger charge is 2.17. The summed E-state index contributed by atoms with van der Waals surface area (Å²) >= 11 is 0. The summed E-state index contributed by atoms with van der Waals surface area (Å²) in [5, 5.41) is 2.72. The van der Waals surface area contributed by atoms with Gasteiger partial charge < -0.3 is 5.32 Å². The summed E-state index contributed by atoms with van der Waals surface area (Å²) in [6.45, 7) is 7.36. The summed E-state index contributed by atoms with van der Waals surface area (Å²) < 4.78 is 13.4. The highest BCUT2D eigenvalue weighted by Crippen LogP contribution is 2.11. The molecule has 15 heavy (non-hydrogen) atoms. The van der Waals surface area contributed by atoms with Crippen LogP contribution in [-0.4, -0.2) is 11.4 Å². The fourth-order valence-corrected chi connectivity index (χ4v) is 1.21. The summed E-state index contributed by atoms with van der Waals surface area (Å²) in [7, 11) is 0. The predicted molar refractivity (Wildman–Crippen MR) is 58.4 cm³/mol. The highest BCUT2D eigenvalue weighted by atomic mass is 19.1. The number of nitrogens with one attached hydrogen (secondary N) is 1. The monoisotopic (exact) mass is 209 g/mol. The van der Waals surface area contributed by atoms with Crippen LogP contribution in [0.3, 0.4) is 0 Å². The second kappa shape index (κ2) is 4.01. The van der Waals surface area contributed by atoms with Gasteiger partial charge in [0.1, 0.15) is 5.82 Å². The lowest BCUT2D eigenvalue weighted by Gasteiger charge is -2.20. The third kappa shape index (κ3) is 3.35. The first-order chi connectivity index (χ1) is 6.79. The van der Waals surface area contributed by atoms with Crippen molar-refractivity contribution >= 4 is 5.91 Å². The lowest BCUT2D eigenvalue weighted by Crippen LogP contribution is -2.40. The smallest absolute Gasteiger partial charge is 0.254 e. The summed E-state index contributed by atoms with van der Waals surface area (Å²) in [6, 6.07) is 4.59. The van der Waals surface area contributed by atoms with E-state index in [0.717, 1.165) is 5.56 Å². The number of hydrogen-bond donors (Lipinski definition) is 1. The molecule has 0 atom stereocenters. The van der Waals surface area contributed by atoms with E-state index in [-0.39, 0.29) is 17.0 Å². The molecule has 1 N–H and O–H groups in total. The maximum Gasteiger partial charge on any atom is 0.254 e. The Morgan fingerprint density at radius 1 is 1.33 bits per heavy atom. The third-order valence-electron chi connectivity index (χ3n) is 1.86. The van der Waals surface area contributed by atoms with Gasteiger partial charge in [-0.25, -0.2) is 4.39 Å². The van der Waals surface area contributed by atoms with Crippen molar-refractivity contribution in [2.24, 2.45) is 0 Å². The standard InChI is InChI=1S/C12H16FNO/c1-8-5-6-9(10(13)7-8)11(15)14-12(2,3)4/h5-7H,1-4H3,(H,14,15). The number of halogens is 1. The van der Waals surface area contributed by atoms with Gasteiger partial charge in [0.15, 0.2) is 0 Å². The van der Waals surface area contributed by atoms with E-state index < -0.39 is 5.82 Å². The molecule has 0 aliphatic rings.